The van der Waals surface area contributed by atoms with E-state index in [1.165, 1.54) is 6.26 Å². The lowest BCUT2D eigenvalue weighted by Crippen LogP contribution is -2.29. The van der Waals surface area contributed by atoms with Gasteiger partial charge in [-0.25, -0.2) is 8.42 Å². The standard InChI is InChI=1S/C10H15BO4S2/c1-17(14,15)7-6-16-8-9-2-4-10(5-3-9)11(12)13/h2-5,12-13H,6-8H2,1H3. The molecule has 0 heterocycles. The summed E-state index contributed by atoms with van der Waals surface area (Å²) in [5.74, 6) is 1.48. The monoisotopic (exact) mass is 274 g/mol. The van der Waals surface area contributed by atoms with Gasteiger partial charge in [0.1, 0.15) is 9.84 Å². The third-order valence-corrected chi connectivity index (χ3v) is 4.38. The molecule has 1 aromatic rings. The van der Waals surface area contributed by atoms with Gasteiger partial charge < -0.3 is 10.0 Å². The zero-order chi connectivity index (χ0) is 12.9. The van der Waals surface area contributed by atoms with Gasteiger partial charge in [-0.1, -0.05) is 24.3 Å². The molecule has 1 rings (SSSR count). The smallest absolute Gasteiger partial charge is 0.423 e. The molecule has 0 amide bonds. The molecule has 2 N–H and O–H groups in total. The van der Waals surface area contributed by atoms with E-state index in [-0.39, 0.29) is 5.75 Å². The topological polar surface area (TPSA) is 74.6 Å². The van der Waals surface area contributed by atoms with Crippen LogP contribution < -0.4 is 5.46 Å². The van der Waals surface area contributed by atoms with Crippen LogP contribution in [0, 0.1) is 0 Å². The Labute approximate surface area is 106 Å². The molecule has 1 aromatic carbocycles. The second kappa shape index (κ2) is 6.44. The van der Waals surface area contributed by atoms with Crippen molar-refractivity contribution in [3.63, 3.8) is 0 Å². The van der Waals surface area contributed by atoms with Crippen LogP contribution in [-0.2, 0) is 15.6 Å². The van der Waals surface area contributed by atoms with E-state index in [2.05, 4.69) is 0 Å². The molecule has 0 aliphatic heterocycles. The highest BCUT2D eigenvalue weighted by atomic mass is 32.2. The van der Waals surface area contributed by atoms with Crippen LogP contribution in [0.3, 0.4) is 0 Å². The third kappa shape index (κ3) is 6.11. The van der Waals surface area contributed by atoms with Gasteiger partial charge in [-0.2, -0.15) is 11.8 Å². The van der Waals surface area contributed by atoms with Gasteiger partial charge in [0.05, 0.1) is 5.75 Å². The van der Waals surface area contributed by atoms with Gasteiger partial charge in [-0.15, -0.1) is 0 Å². The molecule has 0 radical (unpaired) electrons. The summed E-state index contributed by atoms with van der Waals surface area (Å²) in [5, 5.41) is 17.8. The summed E-state index contributed by atoms with van der Waals surface area (Å²) in [6.07, 6.45) is 1.23. The van der Waals surface area contributed by atoms with Crippen LogP contribution in [-0.4, -0.2) is 43.3 Å². The molecular weight excluding hydrogens is 259 g/mol. The van der Waals surface area contributed by atoms with Crippen molar-refractivity contribution in [2.75, 3.05) is 17.8 Å². The maximum absolute atomic E-state index is 10.9. The average molecular weight is 274 g/mol. The first kappa shape index (κ1) is 14.6. The van der Waals surface area contributed by atoms with Gasteiger partial charge in [0.2, 0.25) is 0 Å². The average Bonchev–Trinajstić information content (AvgIpc) is 2.24. The van der Waals surface area contributed by atoms with Crippen LogP contribution in [0.15, 0.2) is 24.3 Å². The minimum atomic E-state index is -2.88. The van der Waals surface area contributed by atoms with Crippen molar-refractivity contribution in [3.8, 4) is 0 Å². The van der Waals surface area contributed by atoms with E-state index in [1.807, 2.05) is 12.1 Å². The predicted molar refractivity (Wildman–Crippen MR) is 72.1 cm³/mol. The molecule has 0 atom stereocenters. The van der Waals surface area contributed by atoms with Gasteiger partial charge in [-0.05, 0) is 11.0 Å². The quantitative estimate of drug-likeness (QED) is 0.547. The Morgan fingerprint density at radius 3 is 2.29 bits per heavy atom. The molecule has 0 aliphatic carbocycles. The zero-order valence-electron chi connectivity index (χ0n) is 9.54. The first-order chi connectivity index (χ1) is 7.88. The van der Waals surface area contributed by atoms with Crippen LogP contribution in [0.1, 0.15) is 5.56 Å². The largest absolute Gasteiger partial charge is 0.488 e. The van der Waals surface area contributed by atoms with Gasteiger partial charge in [0.15, 0.2) is 0 Å². The lowest BCUT2D eigenvalue weighted by molar-refractivity contribution is 0.426. The summed E-state index contributed by atoms with van der Waals surface area (Å²) in [4.78, 5) is 0. The molecule has 0 fully saturated rings. The highest BCUT2D eigenvalue weighted by Gasteiger charge is 2.09. The fourth-order valence-corrected chi connectivity index (χ4v) is 3.44. The van der Waals surface area contributed by atoms with E-state index in [0.29, 0.717) is 11.2 Å². The molecule has 0 saturated heterocycles. The number of thioether (sulfide) groups is 1. The van der Waals surface area contributed by atoms with Gasteiger partial charge in [0.25, 0.3) is 0 Å². The molecular formula is C10H15BO4S2. The summed E-state index contributed by atoms with van der Waals surface area (Å²) in [5.41, 5.74) is 1.49. The van der Waals surface area contributed by atoms with Gasteiger partial charge in [0, 0.05) is 17.8 Å². The second-order valence-electron chi connectivity index (χ2n) is 3.80. The van der Waals surface area contributed by atoms with Crippen molar-refractivity contribution in [3.05, 3.63) is 29.8 Å². The Morgan fingerprint density at radius 1 is 1.24 bits per heavy atom. The number of sulfone groups is 1. The lowest BCUT2D eigenvalue weighted by atomic mass is 9.80. The normalized spacial score (nSPS) is 11.5. The van der Waals surface area contributed by atoms with E-state index >= 15 is 0 Å². The SMILES string of the molecule is CS(=O)(=O)CCSCc1ccc(B(O)O)cc1. The Bertz CT molecular complexity index is 442. The summed E-state index contributed by atoms with van der Waals surface area (Å²) in [6, 6.07) is 6.92. The van der Waals surface area contributed by atoms with Crippen molar-refractivity contribution >= 4 is 34.2 Å². The first-order valence-electron chi connectivity index (χ1n) is 5.09. The molecule has 0 bridgehead atoms. The fraction of sp³-hybridized carbons (Fsp3) is 0.400. The minimum Gasteiger partial charge on any atom is -0.423 e. The van der Waals surface area contributed by atoms with E-state index in [1.54, 1.807) is 23.9 Å². The van der Waals surface area contributed by atoms with E-state index in [4.69, 9.17) is 10.0 Å². The minimum absolute atomic E-state index is 0.186. The van der Waals surface area contributed by atoms with E-state index < -0.39 is 17.0 Å². The number of hydrogen-bond donors (Lipinski definition) is 2. The Hall–Kier alpha value is -0.495. The van der Waals surface area contributed by atoms with Crippen molar-refractivity contribution in [2.24, 2.45) is 0 Å². The molecule has 0 aromatic heterocycles. The highest BCUT2D eigenvalue weighted by Crippen LogP contribution is 2.11. The summed E-state index contributed by atoms with van der Waals surface area (Å²) in [6.45, 7) is 0. The molecule has 0 unspecified atom stereocenters. The van der Waals surface area contributed by atoms with Crippen LogP contribution in [0.5, 0.6) is 0 Å². The van der Waals surface area contributed by atoms with Crippen molar-refractivity contribution in [1.82, 2.24) is 0 Å². The second-order valence-corrected chi connectivity index (χ2v) is 7.16. The van der Waals surface area contributed by atoms with Crippen LogP contribution >= 0.6 is 11.8 Å². The summed E-state index contributed by atoms with van der Waals surface area (Å²) in [7, 11) is -4.33. The van der Waals surface area contributed by atoms with Crippen LogP contribution in [0.25, 0.3) is 0 Å². The van der Waals surface area contributed by atoms with Crippen LogP contribution in [0.4, 0.5) is 0 Å². The Morgan fingerprint density at radius 2 is 1.82 bits per heavy atom. The Balaban J connectivity index is 2.37. The molecule has 0 aliphatic rings. The van der Waals surface area contributed by atoms with Gasteiger partial charge >= 0.3 is 7.12 Å². The molecule has 7 heteroatoms. The summed E-state index contributed by atoms with van der Waals surface area (Å²) >= 11 is 1.54. The predicted octanol–water partition coefficient (Wildman–Crippen LogP) is -0.356. The van der Waals surface area contributed by atoms with Crippen molar-refractivity contribution in [1.29, 1.82) is 0 Å². The number of hydrogen-bond acceptors (Lipinski definition) is 5. The zero-order valence-corrected chi connectivity index (χ0v) is 11.2. The number of benzene rings is 1. The van der Waals surface area contributed by atoms with Gasteiger partial charge in [-0.3, -0.25) is 0 Å². The maximum Gasteiger partial charge on any atom is 0.488 e. The molecule has 4 nitrogen and oxygen atoms in total. The third-order valence-electron chi connectivity index (χ3n) is 2.15. The fourth-order valence-electron chi connectivity index (χ4n) is 1.19. The highest BCUT2D eigenvalue weighted by molar-refractivity contribution is 7.99. The van der Waals surface area contributed by atoms with E-state index in [0.717, 1.165) is 11.3 Å². The molecule has 0 saturated carbocycles. The maximum atomic E-state index is 10.9. The van der Waals surface area contributed by atoms with Crippen LogP contribution in [0.2, 0.25) is 0 Å². The van der Waals surface area contributed by atoms with Crippen molar-refractivity contribution < 1.29 is 18.5 Å². The molecule has 17 heavy (non-hydrogen) atoms. The molecule has 94 valence electrons. The van der Waals surface area contributed by atoms with Crippen molar-refractivity contribution in [2.45, 2.75) is 5.75 Å². The van der Waals surface area contributed by atoms with E-state index in [9.17, 15) is 8.42 Å². The first-order valence-corrected chi connectivity index (χ1v) is 8.30. The Kier molecular flexibility index (Phi) is 5.52. The molecule has 0 spiro atoms. The number of rotatable bonds is 6. The lowest BCUT2D eigenvalue weighted by Gasteiger charge is -2.03. The summed E-state index contributed by atoms with van der Waals surface area (Å²) < 4.78 is 21.8.